The highest BCUT2D eigenvalue weighted by atomic mass is 32.2. The number of fused-ring (bicyclic) bond motifs is 1. The van der Waals surface area contributed by atoms with Gasteiger partial charge < -0.3 is 14.8 Å². The summed E-state index contributed by atoms with van der Waals surface area (Å²) >= 11 is 2.00. The average molecular weight is 279 g/mol. The first-order valence-corrected chi connectivity index (χ1v) is 8.23. The first-order valence-electron chi connectivity index (χ1n) is 6.94. The molecule has 1 N–H and O–H groups in total. The van der Waals surface area contributed by atoms with Crippen LogP contribution in [0.5, 0.6) is 11.5 Å². The van der Waals surface area contributed by atoms with Crippen LogP contribution in [0.1, 0.15) is 37.8 Å². The van der Waals surface area contributed by atoms with Crippen LogP contribution in [0.3, 0.4) is 0 Å². The van der Waals surface area contributed by atoms with Crippen LogP contribution in [0, 0.1) is 0 Å². The molecule has 1 aliphatic carbocycles. The fourth-order valence-corrected chi connectivity index (χ4v) is 3.73. The molecule has 1 aliphatic heterocycles. The second kappa shape index (κ2) is 5.63. The van der Waals surface area contributed by atoms with Crippen molar-refractivity contribution < 1.29 is 9.47 Å². The van der Waals surface area contributed by atoms with Crippen LogP contribution in [0.15, 0.2) is 18.2 Å². The molecular weight excluding hydrogens is 258 g/mol. The molecule has 1 aromatic rings. The second-order valence-corrected chi connectivity index (χ2v) is 6.51. The Hall–Kier alpha value is -0.870. The highest BCUT2D eigenvalue weighted by Gasteiger charge is 2.25. The summed E-state index contributed by atoms with van der Waals surface area (Å²) in [5.41, 5.74) is 1.27. The van der Waals surface area contributed by atoms with E-state index in [0.717, 1.165) is 16.7 Å². The molecule has 3 rings (SSSR count). The SMILES string of the molecule is CSC1CCC(NC(C)c2ccc3c(c2)OCO3)C1. The van der Waals surface area contributed by atoms with Gasteiger partial charge in [-0.25, -0.2) is 0 Å². The highest BCUT2D eigenvalue weighted by Crippen LogP contribution is 2.35. The third-order valence-electron chi connectivity index (χ3n) is 4.10. The summed E-state index contributed by atoms with van der Waals surface area (Å²) in [6, 6.07) is 7.25. The molecule has 0 bridgehead atoms. The monoisotopic (exact) mass is 279 g/mol. The standard InChI is InChI=1S/C15H21NO2S/c1-10(16-12-4-5-13(8-12)19-2)11-3-6-14-15(7-11)18-9-17-14/h3,6-7,10,12-13,16H,4-5,8-9H2,1-2H3. The summed E-state index contributed by atoms with van der Waals surface area (Å²) in [7, 11) is 0. The van der Waals surface area contributed by atoms with Gasteiger partial charge in [0.05, 0.1) is 0 Å². The van der Waals surface area contributed by atoms with Crippen LogP contribution in [-0.4, -0.2) is 24.3 Å². The Labute approximate surface area is 119 Å². The molecule has 1 saturated carbocycles. The molecule has 2 aliphatic rings. The summed E-state index contributed by atoms with van der Waals surface area (Å²) in [6.07, 6.45) is 6.14. The van der Waals surface area contributed by atoms with E-state index >= 15 is 0 Å². The lowest BCUT2D eigenvalue weighted by molar-refractivity contribution is 0.174. The molecule has 0 aromatic heterocycles. The van der Waals surface area contributed by atoms with Crippen molar-refractivity contribution in [3.8, 4) is 11.5 Å². The largest absolute Gasteiger partial charge is 0.454 e. The van der Waals surface area contributed by atoms with Gasteiger partial charge in [-0.1, -0.05) is 6.07 Å². The number of nitrogens with one attached hydrogen (secondary N) is 1. The molecule has 1 aromatic carbocycles. The first kappa shape index (κ1) is 13.1. The van der Waals surface area contributed by atoms with Gasteiger partial charge in [0.2, 0.25) is 6.79 Å². The van der Waals surface area contributed by atoms with Crippen LogP contribution < -0.4 is 14.8 Å². The summed E-state index contributed by atoms with van der Waals surface area (Å²) in [6.45, 7) is 2.57. The van der Waals surface area contributed by atoms with Crippen LogP contribution in [-0.2, 0) is 0 Å². The maximum atomic E-state index is 5.44. The fourth-order valence-electron chi connectivity index (χ4n) is 2.94. The van der Waals surface area contributed by atoms with E-state index in [4.69, 9.17) is 9.47 Å². The molecule has 104 valence electrons. The molecular formula is C15H21NO2S. The summed E-state index contributed by atoms with van der Waals surface area (Å²) in [5, 5.41) is 4.58. The topological polar surface area (TPSA) is 30.5 Å². The lowest BCUT2D eigenvalue weighted by Gasteiger charge is -2.20. The Balaban J connectivity index is 1.62. The summed E-state index contributed by atoms with van der Waals surface area (Å²) < 4.78 is 10.8. The Bertz CT molecular complexity index is 452. The maximum Gasteiger partial charge on any atom is 0.231 e. The lowest BCUT2D eigenvalue weighted by Crippen LogP contribution is -2.29. The average Bonchev–Trinajstić information content (AvgIpc) is 3.05. The molecule has 3 nitrogen and oxygen atoms in total. The predicted molar refractivity (Wildman–Crippen MR) is 79.1 cm³/mol. The van der Waals surface area contributed by atoms with Crippen molar-refractivity contribution in [2.45, 2.75) is 43.5 Å². The second-order valence-electron chi connectivity index (χ2n) is 5.37. The molecule has 0 saturated heterocycles. The van der Waals surface area contributed by atoms with Gasteiger partial charge in [-0.3, -0.25) is 0 Å². The van der Waals surface area contributed by atoms with Crippen molar-refractivity contribution in [1.82, 2.24) is 5.32 Å². The molecule has 3 unspecified atom stereocenters. The smallest absolute Gasteiger partial charge is 0.231 e. The van der Waals surface area contributed by atoms with E-state index in [0.29, 0.717) is 18.9 Å². The number of hydrogen-bond acceptors (Lipinski definition) is 4. The molecule has 0 spiro atoms. The molecule has 4 heteroatoms. The molecule has 19 heavy (non-hydrogen) atoms. The normalized spacial score (nSPS) is 26.6. The molecule has 3 atom stereocenters. The minimum atomic E-state index is 0.346. The minimum Gasteiger partial charge on any atom is -0.454 e. The van der Waals surface area contributed by atoms with Crippen LogP contribution >= 0.6 is 11.8 Å². The van der Waals surface area contributed by atoms with Gasteiger partial charge in [-0.15, -0.1) is 0 Å². The van der Waals surface area contributed by atoms with Crippen LogP contribution in [0.4, 0.5) is 0 Å². The third-order valence-corrected chi connectivity index (χ3v) is 5.19. The predicted octanol–water partition coefficient (Wildman–Crippen LogP) is 3.35. The zero-order chi connectivity index (χ0) is 13.2. The van der Waals surface area contributed by atoms with E-state index in [-0.39, 0.29) is 0 Å². The van der Waals surface area contributed by atoms with Gasteiger partial charge >= 0.3 is 0 Å². The van der Waals surface area contributed by atoms with Gasteiger partial charge in [0.15, 0.2) is 11.5 Å². The zero-order valence-corrected chi connectivity index (χ0v) is 12.3. The Morgan fingerprint density at radius 3 is 2.89 bits per heavy atom. The van der Waals surface area contributed by atoms with Crippen molar-refractivity contribution in [2.24, 2.45) is 0 Å². The van der Waals surface area contributed by atoms with Crippen molar-refractivity contribution in [1.29, 1.82) is 0 Å². The van der Waals surface area contributed by atoms with Crippen LogP contribution in [0.25, 0.3) is 0 Å². The first-order chi connectivity index (χ1) is 9.26. The minimum absolute atomic E-state index is 0.346. The third kappa shape index (κ3) is 2.84. The summed E-state index contributed by atoms with van der Waals surface area (Å²) in [5.74, 6) is 1.74. The van der Waals surface area contributed by atoms with Crippen LogP contribution in [0.2, 0.25) is 0 Å². The lowest BCUT2D eigenvalue weighted by atomic mass is 10.1. The van der Waals surface area contributed by atoms with E-state index < -0.39 is 0 Å². The molecule has 1 heterocycles. The van der Waals surface area contributed by atoms with Crippen molar-refractivity contribution >= 4 is 11.8 Å². The molecule has 0 radical (unpaired) electrons. The number of ether oxygens (including phenoxy) is 2. The number of rotatable bonds is 4. The van der Waals surface area contributed by atoms with Gasteiger partial charge in [-0.05, 0) is 50.1 Å². The fraction of sp³-hybridized carbons (Fsp3) is 0.600. The van der Waals surface area contributed by atoms with Gasteiger partial charge in [0.1, 0.15) is 0 Å². The molecule has 1 fully saturated rings. The maximum absolute atomic E-state index is 5.44. The number of hydrogen-bond donors (Lipinski definition) is 1. The van der Waals surface area contributed by atoms with Gasteiger partial charge in [-0.2, -0.15) is 11.8 Å². The van der Waals surface area contributed by atoms with E-state index in [1.54, 1.807) is 0 Å². The Morgan fingerprint density at radius 2 is 2.11 bits per heavy atom. The number of benzene rings is 1. The van der Waals surface area contributed by atoms with E-state index in [1.807, 2.05) is 17.8 Å². The van der Waals surface area contributed by atoms with E-state index in [2.05, 4.69) is 30.6 Å². The van der Waals surface area contributed by atoms with Gasteiger partial charge in [0.25, 0.3) is 0 Å². The Kier molecular flexibility index (Phi) is 3.89. The number of thioether (sulfide) groups is 1. The van der Waals surface area contributed by atoms with Crippen molar-refractivity contribution in [3.05, 3.63) is 23.8 Å². The van der Waals surface area contributed by atoms with E-state index in [1.165, 1.54) is 24.8 Å². The quantitative estimate of drug-likeness (QED) is 0.915. The van der Waals surface area contributed by atoms with Gasteiger partial charge in [0, 0.05) is 17.3 Å². The van der Waals surface area contributed by atoms with Crippen molar-refractivity contribution in [2.75, 3.05) is 13.0 Å². The zero-order valence-electron chi connectivity index (χ0n) is 11.5. The highest BCUT2D eigenvalue weighted by molar-refractivity contribution is 7.99. The summed E-state index contributed by atoms with van der Waals surface area (Å²) in [4.78, 5) is 0. The Morgan fingerprint density at radius 1 is 1.26 bits per heavy atom. The van der Waals surface area contributed by atoms with Crippen molar-refractivity contribution in [3.63, 3.8) is 0 Å². The molecule has 0 amide bonds. The van der Waals surface area contributed by atoms with E-state index in [9.17, 15) is 0 Å².